The summed E-state index contributed by atoms with van der Waals surface area (Å²) in [6, 6.07) is 0. The summed E-state index contributed by atoms with van der Waals surface area (Å²) in [5.41, 5.74) is 0.562. The number of carbonyl (C=O) groups is 2. The molecule has 3 aliphatic carbocycles. The Hall–Kier alpha value is -1.26. The maximum Gasteiger partial charge on any atom is 0.178 e. The van der Waals surface area contributed by atoms with E-state index < -0.39 is 12.7 Å². The zero-order valence-corrected chi connectivity index (χ0v) is 15.5. The van der Waals surface area contributed by atoms with E-state index in [9.17, 15) is 19.8 Å². The minimum absolute atomic E-state index is 0.0268. The van der Waals surface area contributed by atoms with Gasteiger partial charge in [0.15, 0.2) is 11.6 Å². The van der Waals surface area contributed by atoms with E-state index in [2.05, 4.69) is 20.8 Å². The Balaban J connectivity index is 1.89. The zero-order chi connectivity index (χ0) is 18.4. The molecule has 0 aliphatic heterocycles. The molecule has 0 bridgehead atoms. The number of allylic oxidation sites excluding steroid dienone is 4. The normalized spacial score (nSPS) is 43.7. The van der Waals surface area contributed by atoms with E-state index in [0.717, 1.165) is 31.3 Å². The zero-order valence-electron chi connectivity index (χ0n) is 15.5. The van der Waals surface area contributed by atoms with Crippen LogP contribution >= 0.6 is 0 Å². The van der Waals surface area contributed by atoms with Crippen LogP contribution in [-0.2, 0) is 9.59 Å². The highest BCUT2D eigenvalue weighted by molar-refractivity contribution is 6.01. The van der Waals surface area contributed by atoms with Gasteiger partial charge in [0.25, 0.3) is 0 Å². The van der Waals surface area contributed by atoms with Gasteiger partial charge in [0.1, 0.15) is 6.61 Å². The smallest absolute Gasteiger partial charge is 0.178 e. The van der Waals surface area contributed by atoms with Gasteiger partial charge < -0.3 is 10.2 Å². The first-order valence-electron chi connectivity index (χ1n) is 9.52. The summed E-state index contributed by atoms with van der Waals surface area (Å²) in [6.07, 6.45) is 8.86. The van der Waals surface area contributed by atoms with Crippen molar-refractivity contribution in [2.75, 3.05) is 6.61 Å². The van der Waals surface area contributed by atoms with Gasteiger partial charge in [-0.25, -0.2) is 0 Å². The largest absolute Gasteiger partial charge is 0.393 e. The molecule has 0 radical (unpaired) electrons. The SMILES string of the molecule is CCC1=CC(=O)C=CC1(C)C1C[C@@H]2CCC(C(=O)CO)C2(C)CC1O. The minimum atomic E-state index is -0.508. The van der Waals surface area contributed by atoms with E-state index in [4.69, 9.17) is 0 Å². The summed E-state index contributed by atoms with van der Waals surface area (Å²) >= 11 is 0. The lowest BCUT2D eigenvalue weighted by Gasteiger charge is -2.51. The lowest BCUT2D eigenvalue weighted by atomic mass is 9.54. The van der Waals surface area contributed by atoms with E-state index in [0.29, 0.717) is 12.3 Å². The fraction of sp³-hybridized carbons (Fsp3) is 0.714. The first-order valence-corrected chi connectivity index (χ1v) is 9.52. The molecule has 3 rings (SSSR count). The molecule has 2 fully saturated rings. The fourth-order valence-electron chi connectivity index (χ4n) is 5.93. The van der Waals surface area contributed by atoms with Crippen LogP contribution in [0.1, 0.15) is 52.9 Å². The summed E-state index contributed by atoms with van der Waals surface area (Å²) in [5.74, 6) is 0.236. The Morgan fingerprint density at radius 1 is 1.32 bits per heavy atom. The van der Waals surface area contributed by atoms with Gasteiger partial charge in [-0.15, -0.1) is 0 Å². The summed E-state index contributed by atoms with van der Waals surface area (Å²) < 4.78 is 0. The third-order valence-corrected chi connectivity index (χ3v) is 7.48. The Kier molecular flexibility index (Phi) is 4.80. The second-order valence-electron chi connectivity index (χ2n) is 8.61. The van der Waals surface area contributed by atoms with Gasteiger partial charge in [-0.3, -0.25) is 9.59 Å². The molecule has 0 saturated heterocycles. The number of aliphatic hydroxyl groups is 2. The molecule has 138 valence electrons. The monoisotopic (exact) mass is 346 g/mol. The molecular weight excluding hydrogens is 316 g/mol. The summed E-state index contributed by atoms with van der Waals surface area (Å²) in [6.45, 7) is 5.90. The molecule has 2 N–H and O–H groups in total. The quantitative estimate of drug-likeness (QED) is 0.821. The predicted molar refractivity (Wildman–Crippen MR) is 95.8 cm³/mol. The molecule has 3 aliphatic rings. The van der Waals surface area contributed by atoms with Gasteiger partial charge in [-0.1, -0.05) is 32.4 Å². The van der Waals surface area contributed by atoms with Crippen LogP contribution < -0.4 is 0 Å². The third kappa shape index (κ3) is 2.83. The minimum Gasteiger partial charge on any atom is -0.393 e. The van der Waals surface area contributed by atoms with Crippen molar-refractivity contribution >= 4 is 11.6 Å². The average molecular weight is 346 g/mol. The topological polar surface area (TPSA) is 74.6 Å². The number of hydrogen-bond acceptors (Lipinski definition) is 4. The molecule has 0 aromatic heterocycles. The molecule has 25 heavy (non-hydrogen) atoms. The van der Waals surface area contributed by atoms with E-state index in [1.165, 1.54) is 0 Å². The number of rotatable bonds is 4. The Labute approximate surface area is 150 Å². The molecule has 6 atom stereocenters. The molecule has 5 unspecified atom stereocenters. The van der Waals surface area contributed by atoms with Crippen LogP contribution in [-0.4, -0.2) is 34.5 Å². The number of aliphatic hydroxyl groups excluding tert-OH is 2. The first kappa shape index (κ1) is 18.5. The lowest BCUT2D eigenvalue weighted by Crippen LogP contribution is -2.49. The molecule has 4 nitrogen and oxygen atoms in total. The highest BCUT2D eigenvalue weighted by Gasteiger charge is 2.57. The van der Waals surface area contributed by atoms with Crippen LogP contribution in [0.5, 0.6) is 0 Å². The standard InChI is InChI=1S/C21H30O4/c1-4-13-9-15(23)7-8-20(13,2)17-10-14-5-6-16(19(25)12-22)21(14,3)11-18(17)24/h7-9,14,16-18,22,24H,4-6,10-12H2,1-3H3/t14-,16?,17?,18?,20?,21?/m0/s1. The Bertz CT molecular complexity index is 634. The van der Waals surface area contributed by atoms with Crippen molar-refractivity contribution in [3.8, 4) is 0 Å². The van der Waals surface area contributed by atoms with Gasteiger partial charge in [0, 0.05) is 11.3 Å². The highest BCUT2D eigenvalue weighted by atomic mass is 16.3. The summed E-state index contributed by atoms with van der Waals surface area (Å²) in [5, 5.41) is 20.3. The highest BCUT2D eigenvalue weighted by Crippen LogP contribution is 2.60. The van der Waals surface area contributed by atoms with Crippen molar-refractivity contribution in [1.29, 1.82) is 0 Å². The molecule has 0 spiro atoms. The number of Topliss-reactive ketones (excluding diaryl/α,β-unsaturated/α-hetero) is 1. The Morgan fingerprint density at radius 3 is 2.68 bits per heavy atom. The third-order valence-electron chi connectivity index (χ3n) is 7.48. The molecule has 2 saturated carbocycles. The first-order chi connectivity index (χ1) is 11.8. The van der Waals surface area contributed by atoms with Crippen molar-refractivity contribution in [3.63, 3.8) is 0 Å². The average Bonchev–Trinajstić information content (AvgIpc) is 2.91. The second-order valence-corrected chi connectivity index (χ2v) is 8.61. The molecule has 0 amide bonds. The summed E-state index contributed by atoms with van der Waals surface area (Å²) in [7, 11) is 0. The summed E-state index contributed by atoms with van der Waals surface area (Å²) in [4.78, 5) is 24.0. The molecular formula is C21H30O4. The van der Waals surface area contributed by atoms with Crippen LogP contribution in [0.3, 0.4) is 0 Å². The van der Waals surface area contributed by atoms with E-state index in [-0.39, 0.29) is 34.2 Å². The van der Waals surface area contributed by atoms with Gasteiger partial charge in [0.2, 0.25) is 0 Å². The number of carbonyl (C=O) groups excluding carboxylic acids is 2. The van der Waals surface area contributed by atoms with Crippen molar-refractivity contribution in [1.82, 2.24) is 0 Å². The molecule has 0 heterocycles. The number of fused-ring (bicyclic) bond motifs is 1. The van der Waals surface area contributed by atoms with Crippen LogP contribution in [0, 0.1) is 28.6 Å². The van der Waals surface area contributed by atoms with E-state index in [1.54, 1.807) is 12.2 Å². The van der Waals surface area contributed by atoms with E-state index >= 15 is 0 Å². The lowest BCUT2D eigenvalue weighted by molar-refractivity contribution is -0.133. The molecule has 4 heteroatoms. The van der Waals surface area contributed by atoms with Gasteiger partial charge in [-0.2, -0.15) is 0 Å². The van der Waals surface area contributed by atoms with Crippen LogP contribution in [0.15, 0.2) is 23.8 Å². The fourth-order valence-corrected chi connectivity index (χ4v) is 5.93. The second kappa shape index (κ2) is 6.48. The van der Waals surface area contributed by atoms with Crippen molar-refractivity contribution in [3.05, 3.63) is 23.8 Å². The molecule has 0 aromatic carbocycles. The predicted octanol–water partition coefficient (Wildman–Crippen LogP) is 2.83. The van der Waals surface area contributed by atoms with Gasteiger partial charge >= 0.3 is 0 Å². The van der Waals surface area contributed by atoms with Crippen molar-refractivity contribution in [2.45, 2.75) is 59.0 Å². The maximum atomic E-state index is 12.2. The van der Waals surface area contributed by atoms with Gasteiger partial charge in [-0.05, 0) is 61.5 Å². The number of ketones is 2. The Morgan fingerprint density at radius 2 is 2.04 bits per heavy atom. The van der Waals surface area contributed by atoms with E-state index in [1.807, 2.05) is 6.08 Å². The van der Waals surface area contributed by atoms with Crippen molar-refractivity contribution in [2.24, 2.45) is 28.6 Å². The maximum absolute atomic E-state index is 12.2. The number of hydrogen-bond donors (Lipinski definition) is 2. The van der Waals surface area contributed by atoms with Crippen LogP contribution in [0.2, 0.25) is 0 Å². The van der Waals surface area contributed by atoms with Gasteiger partial charge in [0.05, 0.1) is 6.10 Å². The van der Waals surface area contributed by atoms with Crippen LogP contribution in [0.4, 0.5) is 0 Å². The molecule has 0 aromatic rings. The van der Waals surface area contributed by atoms with Crippen LogP contribution in [0.25, 0.3) is 0 Å². The van der Waals surface area contributed by atoms with Crippen molar-refractivity contribution < 1.29 is 19.8 Å².